The smallest absolute Gasteiger partial charge is 0.0372 e. The van der Waals surface area contributed by atoms with Crippen molar-refractivity contribution in [1.82, 2.24) is 4.98 Å². The van der Waals surface area contributed by atoms with Gasteiger partial charge >= 0.3 is 0 Å². The maximum atomic E-state index is 6.05. The zero-order valence-corrected chi connectivity index (χ0v) is 9.16. The quantitative estimate of drug-likeness (QED) is 0.728. The predicted molar refractivity (Wildman–Crippen MR) is 60.0 cm³/mol. The van der Waals surface area contributed by atoms with Gasteiger partial charge in [0.05, 0.1) is 0 Å². The SMILES string of the molecule is CCCCCC(N)c1ccc(C)nc1. The first kappa shape index (κ1) is 11.2. The zero-order chi connectivity index (χ0) is 10.4. The van der Waals surface area contributed by atoms with E-state index >= 15 is 0 Å². The van der Waals surface area contributed by atoms with Crippen molar-refractivity contribution in [2.45, 2.75) is 45.6 Å². The van der Waals surface area contributed by atoms with Crippen molar-refractivity contribution in [3.63, 3.8) is 0 Å². The van der Waals surface area contributed by atoms with E-state index in [1.54, 1.807) is 0 Å². The molecule has 0 aliphatic carbocycles. The Labute approximate surface area is 86.5 Å². The molecule has 14 heavy (non-hydrogen) atoms. The largest absolute Gasteiger partial charge is 0.324 e. The van der Waals surface area contributed by atoms with Crippen molar-refractivity contribution in [3.05, 3.63) is 29.6 Å². The monoisotopic (exact) mass is 192 g/mol. The maximum Gasteiger partial charge on any atom is 0.0372 e. The van der Waals surface area contributed by atoms with Crippen LogP contribution in [0.2, 0.25) is 0 Å². The molecule has 0 amide bonds. The molecule has 2 nitrogen and oxygen atoms in total. The molecule has 1 unspecified atom stereocenters. The van der Waals surface area contributed by atoms with Crippen LogP contribution < -0.4 is 5.73 Å². The van der Waals surface area contributed by atoms with Crippen molar-refractivity contribution in [3.8, 4) is 0 Å². The summed E-state index contributed by atoms with van der Waals surface area (Å²) in [6, 6.07) is 4.27. The van der Waals surface area contributed by atoms with Gasteiger partial charge in [-0.05, 0) is 25.0 Å². The Morgan fingerprint density at radius 3 is 2.71 bits per heavy atom. The summed E-state index contributed by atoms with van der Waals surface area (Å²) in [6.45, 7) is 4.20. The van der Waals surface area contributed by atoms with Gasteiger partial charge in [-0.2, -0.15) is 0 Å². The Bertz CT molecular complexity index is 254. The van der Waals surface area contributed by atoms with Crippen molar-refractivity contribution in [2.75, 3.05) is 0 Å². The third-order valence-corrected chi connectivity index (χ3v) is 2.48. The predicted octanol–water partition coefficient (Wildman–Crippen LogP) is 2.97. The molecule has 0 fully saturated rings. The summed E-state index contributed by atoms with van der Waals surface area (Å²) >= 11 is 0. The lowest BCUT2D eigenvalue weighted by molar-refractivity contribution is 0.580. The second-order valence-electron chi connectivity index (χ2n) is 3.84. The van der Waals surface area contributed by atoms with Gasteiger partial charge in [-0.25, -0.2) is 0 Å². The van der Waals surface area contributed by atoms with Gasteiger partial charge in [-0.1, -0.05) is 32.3 Å². The Morgan fingerprint density at radius 1 is 1.36 bits per heavy atom. The Hall–Kier alpha value is -0.890. The molecule has 1 aromatic heterocycles. The van der Waals surface area contributed by atoms with Gasteiger partial charge in [-0.15, -0.1) is 0 Å². The van der Waals surface area contributed by atoms with Crippen molar-refractivity contribution < 1.29 is 0 Å². The van der Waals surface area contributed by atoms with Crippen LogP contribution in [0.15, 0.2) is 18.3 Å². The molecule has 0 saturated heterocycles. The Kier molecular flexibility index (Phi) is 4.60. The fourth-order valence-corrected chi connectivity index (χ4v) is 1.48. The standard InChI is InChI=1S/C12H20N2/c1-3-4-5-6-12(13)11-8-7-10(2)14-9-11/h7-9,12H,3-6,13H2,1-2H3. The first-order valence-corrected chi connectivity index (χ1v) is 5.42. The van der Waals surface area contributed by atoms with E-state index < -0.39 is 0 Å². The molecule has 0 aliphatic heterocycles. The normalized spacial score (nSPS) is 12.8. The lowest BCUT2D eigenvalue weighted by atomic mass is 10.0. The summed E-state index contributed by atoms with van der Waals surface area (Å²) in [6.07, 6.45) is 6.70. The fourth-order valence-electron chi connectivity index (χ4n) is 1.48. The van der Waals surface area contributed by atoms with Gasteiger partial charge < -0.3 is 5.73 Å². The molecule has 2 heteroatoms. The zero-order valence-electron chi connectivity index (χ0n) is 9.16. The number of aryl methyl sites for hydroxylation is 1. The molecular weight excluding hydrogens is 172 g/mol. The number of rotatable bonds is 5. The highest BCUT2D eigenvalue weighted by Crippen LogP contribution is 2.16. The van der Waals surface area contributed by atoms with Crippen LogP contribution in [0, 0.1) is 6.92 Å². The lowest BCUT2D eigenvalue weighted by Crippen LogP contribution is -2.10. The number of nitrogens with zero attached hydrogens (tertiary/aromatic N) is 1. The molecule has 1 aromatic rings. The van der Waals surface area contributed by atoms with Crippen LogP contribution in [0.1, 0.15) is 49.9 Å². The molecule has 0 aromatic carbocycles. The summed E-state index contributed by atoms with van der Waals surface area (Å²) in [7, 11) is 0. The summed E-state index contributed by atoms with van der Waals surface area (Å²) in [5, 5.41) is 0. The highest BCUT2D eigenvalue weighted by Gasteiger charge is 2.04. The van der Waals surface area contributed by atoms with Crippen LogP contribution >= 0.6 is 0 Å². The Balaban J connectivity index is 2.43. The summed E-state index contributed by atoms with van der Waals surface area (Å²) in [4.78, 5) is 4.25. The van der Waals surface area contributed by atoms with E-state index in [1.165, 1.54) is 19.3 Å². The number of unbranched alkanes of at least 4 members (excludes halogenated alkanes) is 2. The van der Waals surface area contributed by atoms with Crippen LogP contribution in [0.3, 0.4) is 0 Å². The molecule has 0 saturated carbocycles. The van der Waals surface area contributed by atoms with Crippen LogP contribution in [0.25, 0.3) is 0 Å². The van der Waals surface area contributed by atoms with Gasteiger partial charge in [0.1, 0.15) is 0 Å². The molecule has 0 aliphatic rings. The average molecular weight is 192 g/mol. The fraction of sp³-hybridized carbons (Fsp3) is 0.583. The number of nitrogens with two attached hydrogens (primary N) is 1. The number of pyridine rings is 1. The van der Waals surface area contributed by atoms with E-state index in [9.17, 15) is 0 Å². The average Bonchev–Trinajstić information content (AvgIpc) is 2.19. The summed E-state index contributed by atoms with van der Waals surface area (Å²) in [5.74, 6) is 0. The topological polar surface area (TPSA) is 38.9 Å². The highest BCUT2D eigenvalue weighted by molar-refractivity contribution is 5.16. The molecule has 78 valence electrons. The first-order valence-electron chi connectivity index (χ1n) is 5.42. The number of hydrogen-bond acceptors (Lipinski definition) is 2. The maximum absolute atomic E-state index is 6.05. The van der Waals surface area contributed by atoms with Gasteiger partial charge in [0.2, 0.25) is 0 Å². The lowest BCUT2D eigenvalue weighted by Gasteiger charge is -2.11. The second kappa shape index (κ2) is 5.76. The summed E-state index contributed by atoms with van der Waals surface area (Å²) < 4.78 is 0. The minimum atomic E-state index is 0.162. The van der Waals surface area contributed by atoms with Gasteiger partial charge in [0, 0.05) is 17.9 Å². The Morgan fingerprint density at radius 2 is 2.14 bits per heavy atom. The van der Waals surface area contributed by atoms with E-state index in [2.05, 4.69) is 18.0 Å². The van der Waals surface area contributed by atoms with E-state index in [4.69, 9.17) is 5.73 Å². The number of aromatic nitrogens is 1. The van der Waals surface area contributed by atoms with E-state index in [0.717, 1.165) is 17.7 Å². The van der Waals surface area contributed by atoms with E-state index in [0.29, 0.717) is 0 Å². The molecule has 0 bridgehead atoms. The minimum absolute atomic E-state index is 0.162. The van der Waals surface area contributed by atoms with E-state index in [-0.39, 0.29) is 6.04 Å². The van der Waals surface area contributed by atoms with Crippen molar-refractivity contribution in [2.24, 2.45) is 5.73 Å². The highest BCUT2D eigenvalue weighted by atomic mass is 14.7. The molecule has 1 heterocycles. The van der Waals surface area contributed by atoms with Gasteiger partial charge in [0.15, 0.2) is 0 Å². The number of hydrogen-bond donors (Lipinski definition) is 1. The van der Waals surface area contributed by atoms with Gasteiger partial charge in [-0.3, -0.25) is 4.98 Å². The van der Waals surface area contributed by atoms with E-state index in [1.807, 2.05) is 19.2 Å². The van der Waals surface area contributed by atoms with Crippen LogP contribution in [-0.2, 0) is 0 Å². The van der Waals surface area contributed by atoms with Crippen molar-refractivity contribution >= 4 is 0 Å². The van der Waals surface area contributed by atoms with Crippen LogP contribution in [-0.4, -0.2) is 4.98 Å². The molecule has 0 radical (unpaired) electrons. The van der Waals surface area contributed by atoms with Crippen LogP contribution in [0.4, 0.5) is 0 Å². The van der Waals surface area contributed by atoms with Crippen LogP contribution in [0.5, 0.6) is 0 Å². The summed E-state index contributed by atoms with van der Waals surface area (Å²) in [5.41, 5.74) is 8.26. The minimum Gasteiger partial charge on any atom is -0.324 e. The second-order valence-corrected chi connectivity index (χ2v) is 3.84. The molecule has 2 N–H and O–H groups in total. The third-order valence-electron chi connectivity index (χ3n) is 2.48. The van der Waals surface area contributed by atoms with Gasteiger partial charge in [0.25, 0.3) is 0 Å². The molecular formula is C12H20N2. The molecule has 1 atom stereocenters. The van der Waals surface area contributed by atoms with Crippen molar-refractivity contribution in [1.29, 1.82) is 0 Å². The molecule has 1 rings (SSSR count). The molecule has 0 spiro atoms. The first-order chi connectivity index (χ1) is 6.74. The third kappa shape index (κ3) is 3.46.